The zero-order chi connectivity index (χ0) is 24.9. The maximum absolute atomic E-state index is 13.9. The average Bonchev–Trinajstić information content (AvgIpc) is 3.63. The third-order valence-corrected chi connectivity index (χ3v) is 7.06. The number of hydrogen-bond donors (Lipinski definition) is 1. The van der Waals surface area contributed by atoms with Crippen molar-refractivity contribution in [2.45, 2.75) is 44.7 Å². The van der Waals surface area contributed by atoms with Crippen molar-refractivity contribution in [3.8, 4) is 0 Å². The molecule has 1 atom stereocenters. The van der Waals surface area contributed by atoms with E-state index in [-0.39, 0.29) is 23.6 Å². The number of furan rings is 1. The summed E-state index contributed by atoms with van der Waals surface area (Å²) in [6.07, 6.45) is 5.62. The summed E-state index contributed by atoms with van der Waals surface area (Å²) >= 11 is 0. The van der Waals surface area contributed by atoms with Crippen molar-refractivity contribution < 1.29 is 18.7 Å². The molecule has 3 aromatic rings. The Labute approximate surface area is 212 Å². The summed E-state index contributed by atoms with van der Waals surface area (Å²) in [5.41, 5.74) is 3.55. The molecule has 1 aliphatic heterocycles. The predicted molar refractivity (Wildman–Crippen MR) is 139 cm³/mol. The largest absolute Gasteiger partial charge is 0.459 e. The van der Waals surface area contributed by atoms with Gasteiger partial charge in [-0.25, -0.2) is 0 Å². The van der Waals surface area contributed by atoms with E-state index >= 15 is 0 Å². The van der Waals surface area contributed by atoms with Crippen molar-refractivity contribution in [3.05, 3.63) is 83.8 Å². The lowest BCUT2D eigenvalue weighted by Gasteiger charge is -2.33. The van der Waals surface area contributed by atoms with Gasteiger partial charge >= 0.3 is 0 Å². The SMILES string of the molecule is Cc1ccc(N(C(=O)c2ccco2)[C@@H](C(=O)NC2CCCC2)c2ccc(N3CCOCC3)cc2)cc1. The topological polar surface area (TPSA) is 75.0 Å². The fraction of sp³-hybridized carbons (Fsp3) is 0.379. The van der Waals surface area contributed by atoms with Gasteiger partial charge in [0.25, 0.3) is 5.91 Å². The number of carbonyl (C=O) groups excluding carboxylic acids is 2. The summed E-state index contributed by atoms with van der Waals surface area (Å²) in [5, 5.41) is 3.23. The molecule has 5 rings (SSSR count). The first kappa shape index (κ1) is 24.1. The van der Waals surface area contributed by atoms with Crippen molar-refractivity contribution in [1.82, 2.24) is 5.32 Å². The van der Waals surface area contributed by atoms with Crippen molar-refractivity contribution in [1.29, 1.82) is 0 Å². The van der Waals surface area contributed by atoms with E-state index in [1.165, 1.54) is 6.26 Å². The van der Waals surface area contributed by atoms with E-state index in [0.717, 1.165) is 55.6 Å². The Morgan fingerprint density at radius 3 is 2.31 bits per heavy atom. The van der Waals surface area contributed by atoms with E-state index in [1.54, 1.807) is 17.0 Å². The van der Waals surface area contributed by atoms with Crippen LogP contribution in [0, 0.1) is 6.92 Å². The minimum absolute atomic E-state index is 0.131. The van der Waals surface area contributed by atoms with E-state index < -0.39 is 6.04 Å². The van der Waals surface area contributed by atoms with Crippen LogP contribution in [0.4, 0.5) is 11.4 Å². The van der Waals surface area contributed by atoms with Gasteiger partial charge in [0.15, 0.2) is 5.76 Å². The van der Waals surface area contributed by atoms with Crippen molar-refractivity contribution in [2.24, 2.45) is 0 Å². The highest BCUT2D eigenvalue weighted by Crippen LogP contribution is 2.32. The Bertz CT molecular complexity index is 1150. The van der Waals surface area contributed by atoms with Crippen LogP contribution in [0.25, 0.3) is 0 Å². The minimum atomic E-state index is -0.843. The molecule has 2 amide bonds. The summed E-state index contributed by atoms with van der Waals surface area (Å²) in [5.74, 6) is -0.339. The van der Waals surface area contributed by atoms with Gasteiger partial charge in [-0.1, -0.05) is 42.7 Å². The number of anilines is 2. The highest BCUT2D eigenvalue weighted by atomic mass is 16.5. The van der Waals surface area contributed by atoms with E-state index in [1.807, 2.05) is 55.5 Å². The van der Waals surface area contributed by atoms with Crippen LogP contribution in [0.5, 0.6) is 0 Å². The summed E-state index contributed by atoms with van der Waals surface area (Å²) in [7, 11) is 0. The number of hydrogen-bond acceptors (Lipinski definition) is 5. The number of ether oxygens (including phenoxy) is 1. The molecule has 2 fully saturated rings. The van der Waals surface area contributed by atoms with Crippen LogP contribution in [-0.4, -0.2) is 44.2 Å². The fourth-order valence-electron chi connectivity index (χ4n) is 5.06. The first-order chi connectivity index (χ1) is 17.6. The van der Waals surface area contributed by atoms with Crippen LogP contribution in [0.1, 0.15) is 53.4 Å². The second kappa shape index (κ2) is 11.0. The first-order valence-corrected chi connectivity index (χ1v) is 12.8. The maximum Gasteiger partial charge on any atom is 0.294 e. The van der Waals surface area contributed by atoms with Gasteiger partial charge in [0.1, 0.15) is 6.04 Å². The van der Waals surface area contributed by atoms with Gasteiger partial charge in [-0.2, -0.15) is 0 Å². The monoisotopic (exact) mass is 487 g/mol. The molecule has 0 spiro atoms. The number of benzene rings is 2. The lowest BCUT2D eigenvalue weighted by molar-refractivity contribution is -0.123. The molecule has 0 bridgehead atoms. The third kappa shape index (κ3) is 5.31. The predicted octanol–water partition coefficient (Wildman–Crippen LogP) is 4.87. The number of carbonyl (C=O) groups is 2. The highest BCUT2D eigenvalue weighted by molar-refractivity contribution is 6.08. The Kier molecular flexibility index (Phi) is 7.37. The number of rotatable bonds is 7. The van der Waals surface area contributed by atoms with Crippen LogP contribution in [-0.2, 0) is 9.53 Å². The number of nitrogens with one attached hydrogen (secondary N) is 1. The highest BCUT2D eigenvalue weighted by Gasteiger charge is 2.36. The van der Waals surface area contributed by atoms with E-state index in [0.29, 0.717) is 18.9 Å². The molecule has 2 aliphatic rings. The van der Waals surface area contributed by atoms with Crippen LogP contribution in [0.2, 0.25) is 0 Å². The van der Waals surface area contributed by atoms with Crippen molar-refractivity contribution >= 4 is 23.2 Å². The number of amides is 2. The van der Waals surface area contributed by atoms with Gasteiger partial charge in [0.05, 0.1) is 19.5 Å². The molecule has 1 saturated carbocycles. The molecule has 7 nitrogen and oxygen atoms in total. The number of morpholine rings is 1. The smallest absolute Gasteiger partial charge is 0.294 e. The van der Waals surface area contributed by atoms with Crippen LogP contribution in [0.3, 0.4) is 0 Å². The lowest BCUT2D eigenvalue weighted by atomic mass is 10.0. The Hall–Kier alpha value is -3.58. The molecule has 2 heterocycles. The molecular formula is C29H33N3O4. The van der Waals surface area contributed by atoms with Crippen LogP contribution >= 0.6 is 0 Å². The summed E-state index contributed by atoms with van der Waals surface area (Å²) in [6.45, 7) is 5.06. The van der Waals surface area contributed by atoms with Crippen molar-refractivity contribution in [3.63, 3.8) is 0 Å². The molecule has 1 N–H and O–H groups in total. The summed E-state index contributed by atoms with van der Waals surface area (Å²) < 4.78 is 11.0. The summed E-state index contributed by atoms with van der Waals surface area (Å²) in [6, 6.07) is 18.3. The van der Waals surface area contributed by atoms with Gasteiger partial charge in [-0.15, -0.1) is 0 Å². The minimum Gasteiger partial charge on any atom is -0.459 e. The van der Waals surface area contributed by atoms with Gasteiger partial charge in [-0.05, 0) is 61.7 Å². The quantitative estimate of drug-likeness (QED) is 0.515. The normalized spacial score (nSPS) is 17.1. The molecule has 0 radical (unpaired) electrons. The van der Waals surface area contributed by atoms with Gasteiger partial charge in [-0.3, -0.25) is 14.5 Å². The second-order valence-corrected chi connectivity index (χ2v) is 9.57. The molecule has 1 aliphatic carbocycles. The molecule has 188 valence electrons. The van der Waals surface area contributed by atoms with Crippen LogP contribution < -0.4 is 15.1 Å². The zero-order valence-electron chi connectivity index (χ0n) is 20.7. The fourth-order valence-corrected chi connectivity index (χ4v) is 5.06. The molecule has 2 aromatic carbocycles. The molecule has 0 unspecified atom stereocenters. The summed E-state index contributed by atoms with van der Waals surface area (Å²) in [4.78, 5) is 31.5. The number of aryl methyl sites for hydroxylation is 1. The van der Waals surface area contributed by atoms with E-state index in [4.69, 9.17) is 9.15 Å². The first-order valence-electron chi connectivity index (χ1n) is 12.8. The molecule has 7 heteroatoms. The van der Waals surface area contributed by atoms with Gasteiger partial charge in [0.2, 0.25) is 5.91 Å². The lowest BCUT2D eigenvalue weighted by Crippen LogP contribution is -2.46. The Balaban J connectivity index is 1.54. The number of nitrogens with zero attached hydrogens (tertiary/aromatic N) is 2. The van der Waals surface area contributed by atoms with E-state index in [2.05, 4.69) is 10.2 Å². The molecule has 1 aromatic heterocycles. The van der Waals surface area contributed by atoms with Gasteiger partial charge < -0.3 is 19.4 Å². The standard InChI is InChI=1S/C29H33N3O4/c1-21-8-12-25(13-9-21)32(29(34)26-7-4-18-36-26)27(28(33)30-23-5-2-3-6-23)22-10-14-24(15-11-22)31-16-19-35-20-17-31/h4,7-15,18,23,27H,2-3,5-6,16-17,19-20H2,1H3,(H,30,33)/t27-/m1/s1. The zero-order valence-corrected chi connectivity index (χ0v) is 20.7. The van der Waals surface area contributed by atoms with Crippen LogP contribution in [0.15, 0.2) is 71.3 Å². The van der Waals surface area contributed by atoms with Gasteiger partial charge in [0, 0.05) is 30.5 Å². The third-order valence-electron chi connectivity index (χ3n) is 7.06. The molecular weight excluding hydrogens is 454 g/mol. The maximum atomic E-state index is 13.9. The Morgan fingerprint density at radius 2 is 1.67 bits per heavy atom. The second-order valence-electron chi connectivity index (χ2n) is 9.57. The van der Waals surface area contributed by atoms with Crippen molar-refractivity contribution in [2.75, 3.05) is 36.1 Å². The molecule has 1 saturated heterocycles. The molecule has 36 heavy (non-hydrogen) atoms. The van der Waals surface area contributed by atoms with E-state index in [9.17, 15) is 9.59 Å². The average molecular weight is 488 g/mol. The Morgan fingerprint density at radius 1 is 0.972 bits per heavy atom.